The molecule has 0 radical (unpaired) electrons. The van der Waals surface area contributed by atoms with E-state index in [1.165, 1.54) is 12.8 Å². The summed E-state index contributed by atoms with van der Waals surface area (Å²) in [4.78, 5) is 11.9. The van der Waals surface area contributed by atoms with Gasteiger partial charge in [0.25, 0.3) is 5.91 Å². The van der Waals surface area contributed by atoms with Crippen molar-refractivity contribution in [3.05, 3.63) is 35.9 Å². The van der Waals surface area contributed by atoms with E-state index in [1.807, 2.05) is 30.3 Å². The smallest absolute Gasteiger partial charge is 0.251 e. The minimum absolute atomic E-state index is 0.0450. The lowest BCUT2D eigenvalue weighted by Gasteiger charge is -2.16. The van der Waals surface area contributed by atoms with Crippen molar-refractivity contribution in [3.8, 4) is 0 Å². The zero-order valence-corrected chi connectivity index (χ0v) is 10.2. The van der Waals surface area contributed by atoms with Crippen molar-refractivity contribution in [2.75, 3.05) is 0 Å². The van der Waals surface area contributed by atoms with Crippen LogP contribution in [0.15, 0.2) is 30.3 Å². The number of carbonyl (C=O) groups is 1. The summed E-state index contributed by atoms with van der Waals surface area (Å²) in [6.45, 7) is 4.29. The van der Waals surface area contributed by atoms with Gasteiger partial charge in [0, 0.05) is 11.6 Å². The van der Waals surface area contributed by atoms with Crippen LogP contribution < -0.4 is 5.32 Å². The van der Waals surface area contributed by atoms with Crippen LogP contribution in [0.4, 0.5) is 0 Å². The van der Waals surface area contributed by atoms with Crippen molar-refractivity contribution in [1.82, 2.24) is 5.32 Å². The maximum absolute atomic E-state index is 11.9. The van der Waals surface area contributed by atoms with Crippen molar-refractivity contribution >= 4 is 5.91 Å². The Morgan fingerprint density at radius 1 is 1.25 bits per heavy atom. The Hall–Kier alpha value is -1.31. The van der Waals surface area contributed by atoms with Crippen molar-refractivity contribution in [1.29, 1.82) is 0 Å². The highest BCUT2D eigenvalue weighted by Crippen LogP contribution is 2.06. The number of hydrogen-bond acceptors (Lipinski definition) is 1. The van der Waals surface area contributed by atoms with Crippen LogP contribution >= 0.6 is 0 Å². The van der Waals surface area contributed by atoms with E-state index < -0.39 is 0 Å². The molecule has 0 spiro atoms. The van der Waals surface area contributed by atoms with E-state index in [0.717, 1.165) is 18.4 Å². The molecule has 0 saturated carbocycles. The Balaban J connectivity index is 2.49. The van der Waals surface area contributed by atoms with Gasteiger partial charge in [-0.1, -0.05) is 44.9 Å². The predicted molar refractivity (Wildman–Crippen MR) is 67.5 cm³/mol. The molecule has 88 valence electrons. The highest BCUT2D eigenvalue weighted by Gasteiger charge is 2.10. The fourth-order valence-corrected chi connectivity index (χ4v) is 1.69. The number of amides is 1. The van der Waals surface area contributed by atoms with Crippen LogP contribution in [0.2, 0.25) is 0 Å². The Labute approximate surface area is 98.1 Å². The molecule has 0 aliphatic heterocycles. The standard InChI is InChI=1S/C14H21NO/c1-3-5-11-13(4-2)15-14(16)12-9-7-6-8-10-12/h6-10,13H,3-5,11H2,1-2H3,(H,15,16)/t13-/m1/s1. The average molecular weight is 219 g/mol. The minimum Gasteiger partial charge on any atom is -0.349 e. The summed E-state index contributed by atoms with van der Waals surface area (Å²) in [6.07, 6.45) is 4.43. The van der Waals surface area contributed by atoms with Crippen LogP contribution in [0.5, 0.6) is 0 Å². The molecule has 1 aromatic carbocycles. The molecule has 1 amide bonds. The predicted octanol–water partition coefficient (Wildman–Crippen LogP) is 3.39. The molecule has 1 rings (SSSR count). The van der Waals surface area contributed by atoms with Gasteiger partial charge in [-0.15, -0.1) is 0 Å². The van der Waals surface area contributed by atoms with E-state index in [4.69, 9.17) is 0 Å². The molecule has 0 unspecified atom stereocenters. The third-order valence-electron chi connectivity index (χ3n) is 2.77. The Morgan fingerprint density at radius 3 is 2.50 bits per heavy atom. The number of nitrogens with one attached hydrogen (secondary N) is 1. The third kappa shape index (κ3) is 4.05. The van der Waals surface area contributed by atoms with Crippen LogP contribution in [-0.4, -0.2) is 11.9 Å². The van der Waals surface area contributed by atoms with Gasteiger partial charge in [-0.25, -0.2) is 0 Å². The van der Waals surface area contributed by atoms with E-state index in [1.54, 1.807) is 0 Å². The second kappa shape index (κ2) is 7.04. The summed E-state index contributed by atoms with van der Waals surface area (Å²) in [5.41, 5.74) is 0.748. The number of rotatable bonds is 6. The minimum atomic E-state index is 0.0450. The monoisotopic (exact) mass is 219 g/mol. The van der Waals surface area contributed by atoms with Crippen LogP contribution in [-0.2, 0) is 0 Å². The molecule has 0 saturated heterocycles. The maximum atomic E-state index is 11.9. The largest absolute Gasteiger partial charge is 0.349 e. The summed E-state index contributed by atoms with van der Waals surface area (Å²) < 4.78 is 0. The lowest BCUT2D eigenvalue weighted by atomic mass is 10.1. The molecular formula is C14H21NO. The Morgan fingerprint density at radius 2 is 1.94 bits per heavy atom. The van der Waals surface area contributed by atoms with E-state index in [0.29, 0.717) is 6.04 Å². The molecule has 0 bridgehead atoms. The molecule has 1 atom stereocenters. The Bertz CT molecular complexity index is 308. The van der Waals surface area contributed by atoms with Gasteiger partial charge in [0.05, 0.1) is 0 Å². The van der Waals surface area contributed by atoms with E-state index >= 15 is 0 Å². The number of carbonyl (C=O) groups excluding carboxylic acids is 1. The second-order valence-corrected chi connectivity index (χ2v) is 4.09. The Kier molecular flexibility index (Phi) is 5.62. The van der Waals surface area contributed by atoms with Crippen LogP contribution in [0.25, 0.3) is 0 Å². The molecule has 0 heterocycles. The SMILES string of the molecule is CCCC[C@@H](CC)NC(=O)c1ccccc1. The average Bonchev–Trinajstić information content (AvgIpc) is 2.35. The van der Waals surface area contributed by atoms with Gasteiger partial charge in [-0.3, -0.25) is 4.79 Å². The molecule has 0 aliphatic rings. The molecule has 2 nitrogen and oxygen atoms in total. The van der Waals surface area contributed by atoms with E-state index in [-0.39, 0.29) is 5.91 Å². The maximum Gasteiger partial charge on any atom is 0.251 e. The number of hydrogen-bond donors (Lipinski definition) is 1. The summed E-state index contributed by atoms with van der Waals surface area (Å²) >= 11 is 0. The first-order valence-electron chi connectivity index (χ1n) is 6.13. The zero-order chi connectivity index (χ0) is 11.8. The molecule has 1 aromatic rings. The second-order valence-electron chi connectivity index (χ2n) is 4.09. The van der Waals surface area contributed by atoms with Crippen molar-refractivity contribution in [3.63, 3.8) is 0 Å². The van der Waals surface area contributed by atoms with Gasteiger partial charge < -0.3 is 5.32 Å². The molecular weight excluding hydrogens is 198 g/mol. The molecule has 0 aliphatic carbocycles. The fraction of sp³-hybridized carbons (Fsp3) is 0.500. The fourth-order valence-electron chi connectivity index (χ4n) is 1.69. The summed E-state index contributed by atoms with van der Waals surface area (Å²) in [5, 5.41) is 3.08. The quantitative estimate of drug-likeness (QED) is 0.780. The zero-order valence-electron chi connectivity index (χ0n) is 10.2. The van der Waals surface area contributed by atoms with Gasteiger partial charge >= 0.3 is 0 Å². The molecule has 1 N–H and O–H groups in total. The van der Waals surface area contributed by atoms with Gasteiger partial charge in [0.15, 0.2) is 0 Å². The summed E-state index contributed by atoms with van der Waals surface area (Å²) in [6, 6.07) is 9.71. The highest BCUT2D eigenvalue weighted by molar-refractivity contribution is 5.94. The van der Waals surface area contributed by atoms with Gasteiger partial charge in [-0.05, 0) is 25.0 Å². The van der Waals surface area contributed by atoms with E-state index in [2.05, 4.69) is 19.2 Å². The van der Waals surface area contributed by atoms with E-state index in [9.17, 15) is 4.79 Å². The molecule has 2 heteroatoms. The summed E-state index contributed by atoms with van der Waals surface area (Å²) in [5.74, 6) is 0.0450. The first-order chi connectivity index (χ1) is 7.77. The van der Waals surface area contributed by atoms with Crippen LogP contribution in [0.3, 0.4) is 0 Å². The summed E-state index contributed by atoms with van der Waals surface area (Å²) in [7, 11) is 0. The number of benzene rings is 1. The van der Waals surface area contributed by atoms with Crippen molar-refractivity contribution in [2.24, 2.45) is 0 Å². The molecule has 0 fully saturated rings. The van der Waals surface area contributed by atoms with Gasteiger partial charge in [0.1, 0.15) is 0 Å². The highest BCUT2D eigenvalue weighted by atomic mass is 16.1. The normalized spacial score (nSPS) is 12.1. The van der Waals surface area contributed by atoms with Crippen molar-refractivity contribution < 1.29 is 4.79 Å². The van der Waals surface area contributed by atoms with Gasteiger partial charge in [-0.2, -0.15) is 0 Å². The lowest BCUT2D eigenvalue weighted by Crippen LogP contribution is -2.34. The van der Waals surface area contributed by atoms with Crippen LogP contribution in [0, 0.1) is 0 Å². The first-order valence-corrected chi connectivity index (χ1v) is 6.13. The third-order valence-corrected chi connectivity index (χ3v) is 2.77. The molecule has 16 heavy (non-hydrogen) atoms. The first kappa shape index (κ1) is 12.8. The number of unbranched alkanes of at least 4 members (excludes halogenated alkanes) is 1. The lowest BCUT2D eigenvalue weighted by molar-refractivity contribution is 0.0933. The molecule has 0 aromatic heterocycles. The van der Waals surface area contributed by atoms with Crippen molar-refractivity contribution in [2.45, 2.75) is 45.6 Å². The topological polar surface area (TPSA) is 29.1 Å². The van der Waals surface area contributed by atoms with Gasteiger partial charge in [0.2, 0.25) is 0 Å². The van der Waals surface area contributed by atoms with Crippen LogP contribution in [0.1, 0.15) is 49.9 Å².